The van der Waals surface area contributed by atoms with Crippen molar-refractivity contribution < 1.29 is 4.79 Å². The number of thioether (sulfide) groups is 1. The molecule has 0 saturated heterocycles. The molecule has 1 aromatic heterocycles. The summed E-state index contributed by atoms with van der Waals surface area (Å²) in [5, 5.41) is 9.54. The fourth-order valence-corrected chi connectivity index (χ4v) is 3.93. The van der Waals surface area contributed by atoms with E-state index in [4.69, 9.17) is 0 Å². The molecule has 0 atom stereocenters. The molecular weight excluding hydrogens is 378 g/mol. The molecule has 0 unspecified atom stereocenters. The van der Waals surface area contributed by atoms with Crippen LogP contribution in [0.2, 0.25) is 0 Å². The summed E-state index contributed by atoms with van der Waals surface area (Å²) in [5.41, 5.74) is 3.96. The van der Waals surface area contributed by atoms with Crippen LogP contribution >= 0.6 is 11.8 Å². The van der Waals surface area contributed by atoms with Gasteiger partial charge in [0.05, 0.1) is 5.75 Å². The van der Waals surface area contributed by atoms with Crippen molar-refractivity contribution >= 4 is 17.5 Å². The topological polar surface area (TPSA) is 47.8 Å². The SMILES string of the molecule is CCc1ccc(-n2c(SCC(=O)c3ccccc3)nnc2-c2ccccc2)cc1. The summed E-state index contributed by atoms with van der Waals surface area (Å²) in [4.78, 5) is 12.5. The van der Waals surface area contributed by atoms with Gasteiger partial charge in [0.15, 0.2) is 16.8 Å². The molecule has 0 bridgehead atoms. The number of hydrogen-bond donors (Lipinski definition) is 0. The van der Waals surface area contributed by atoms with E-state index in [1.165, 1.54) is 17.3 Å². The Labute approximate surface area is 174 Å². The quantitative estimate of drug-likeness (QED) is 0.305. The van der Waals surface area contributed by atoms with Gasteiger partial charge in [0.25, 0.3) is 0 Å². The fraction of sp³-hybridized carbons (Fsp3) is 0.125. The smallest absolute Gasteiger partial charge is 0.196 e. The Hall–Kier alpha value is -3.18. The van der Waals surface area contributed by atoms with Gasteiger partial charge in [-0.1, -0.05) is 91.5 Å². The molecule has 144 valence electrons. The third-order valence-corrected chi connectivity index (χ3v) is 5.63. The Balaban J connectivity index is 1.68. The highest BCUT2D eigenvalue weighted by Gasteiger charge is 2.17. The van der Waals surface area contributed by atoms with E-state index in [0.29, 0.717) is 16.5 Å². The number of ketones is 1. The summed E-state index contributed by atoms with van der Waals surface area (Å²) >= 11 is 1.41. The third kappa shape index (κ3) is 4.30. The molecule has 0 aliphatic carbocycles. The molecule has 1 heterocycles. The lowest BCUT2D eigenvalue weighted by Gasteiger charge is -2.11. The van der Waals surface area contributed by atoms with Gasteiger partial charge in [-0.05, 0) is 24.1 Å². The lowest BCUT2D eigenvalue weighted by molar-refractivity contribution is 0.102. The van der Waals surface area contributed by atoms with Crippen molar-refractivity contribution in [1.82, 2.24) is 14.8 Å². The molecule has 0 aliphatic rings. The Morgan fingerprint density at radius 3 is 2.17 bits per heavy atom. The Morgan fingerprint density at radius 2 is 1.52 bits per heavy atom. The maximum Gasteiger partial charge on any atom is 0.196 e. The monoisotopic (exact) mass is 399 g/mol. The maximum absolute atomic E-state index is 12.5. The van der Waals surface area contributed by atoms with Gasteiger partial charge in [0.2, 0.25) is 0 Å². The van der Waals surface area contributed by atoms with Crippen molar-refractivity contribution in [2.75, 3.05) is 5.75 Å². The fourth-order valence-electron chi connectivity index (χ4n) is 3.09. The lowest BCUT2D eigenvalue weighted by atomic mass is 10.1. The second-order valence-corrected chi connectivity index (χ2v) is 7.55. The van der Waals surface area contributed by atoms with Gasteiger partial charge in [-0.25, -0.2) is 0 Å². The maximum atomic E-state index is 12.5. The summed E-state index contributed by atoms with van der Waals surface area (Å²) < 4.78 is 2.03. The van der Waals surface area contributed by atoms with Gasteiger partial charge in [0, 0.05) is 16.8 Å². The molecule has 4 aromatic rings. The van der Waals surface area contributed by atoms with Crippen LogP contribution in [-0.2, 0) is 6.42 Å². The normalized spacial score (nSPS) is 10.8. The molecule has 0 saturated carbocycles. The molecule has 0 amide bonds. The first-order valence-corrected chi connectivity index (χ1v) is 10.6. The number of benzene rings is 3. The number of hydrogen-bond acceptors (Lipinski definition) is 4. The van der Waals surface area contributed by atoms with Crippen molar-refractivity contribution in [1.29, 1.82) is 0 Å². The van der Waals surface area contributed by atoms with Gasteiger partial charge < -0.3 is 0 Å². The van der Waals surface area contributed by atoms with Crippen LogP contribution in [-0.4, -0.2) is 26.3 Å². The van der Waals surface area contributed by atoms with Crippen molar-refractivity contribution in [2.24, 2.45) is 0 Å². The zero-order chi connectivity index (χ0) is 20.1. The Morgan fingerprint density at radius 1 is 0.862 bits per heavy atom. The summed E-state index contributed by atoms with van der Waals surface area (Å²) in [6.07, 6.45) is 0.987. The molecule has 4 nitrogen and oxygen atoms in total. The first-order chi connectivity index (χ1) is 14.3. The minimum atomic E-state index is 0.0766. The van der Waals surface area contributed by atoms with E-state index in [1.54, 1.807) is 0 Å². The number of rotatable bonds is 7. The van der Waals surface area contributed by atoms with E-state index in [9.17, 15) is 4.79 Å². The minimum Gasteiger partial charge on any atom is -0.293 e. The number of carbonyl (C=O) groups excluding carboxylic acids is 1. The molecule has 0 aliphatic heterocycles. The number of Topliss-reactive ketones (excluding diaryl/α,β-unsaturated/α-hetero) is 1. The van der Waals surface area contributed by atoms with Gasteiger partial charge in [0.1, 0.15) is 0 Å². The first kappa shape index (κ1) is 19.2. The number of aromatic nitrogens is 3. The Bertz CT molecular complexity index is 1090. The van der Waals surface area contributed by atoms with Crippen molar-refractivity contribution in [3.05, 3.63) is 96.1 Å². The predicted molar refractivity (Wildman–Crippen MR) is 118 cm³/mol. The van der Waals surface area contributed by atoms with Gasteiger partial charge in [-0.3, -0.25) is 9.36 Å². The van der Waals surface area contributed by atoms with Crippen LogP contribution in [0.3, 0.4) is 0 Å². The molecule has 3 aromatic carbocycles. The summed E-state index contributed by atoms with van der Waals surface area (Å²) in [5.74, 6) is 1.15. The second kappa shape index (κ2) is 8.88. The van der Waals surface area contributed by atoms with Crippen LogP contribution < -0.4 is 0 Å². The summed E-state index contributed by atoms with van der Waals surface area (Å²) in [7, 11) is 0. The molecular formula is C24H21N3OS. The molecule has 29 heavy (non-hydrogen) atoms. The Kier molecular flexibility index (Phi) is 5.86. The molecule has 4 rings (SSSR count). The molecule has 5 heteroatoms. The van der Waals surface area contributed by atoms with E-state index >= 15 is 0 Å². The van der Waals surface area contributed by atoms with Crippen molar-refractivity contribution in [3.63, 3.8) is 0 Å². The minimum absolute atomic E-state index is 0.0766. The van der Waals surface area contributed by atoms with Crippen LogP contribution in [0.5, 0.6) is 0 Å². The van der Waals surface area contributed by atoms with E-state index < -0.39 is 0 Å². The first-order valence-electron chi connectivity index (χ1n) is 9.57. The molecule has 0 radical (unpaired) electrons. The second-order valence-electron chi connectivity index (χ2n) is 6.61. The number of nitrogens with zero attached hydrogens (tertiary/aromatic N) is 3. The molecule has 0 N–H and O–H groups in total. The van der Waals surface area contributed by atoms with Crippen LogP contribution in [0.1, 0.15) is 22.8 Å². The molecule has 0 fully saturated rings. The number of aryl methyl sites for hydroxylation is 1. The summed E-state index contributed by atoms with van der Waals surface area (Å²) in [6, 6.07) is 27.7. The third-order valence-electron chi connectivity index (χ3n) is 4.70. The van der Waals surface area contributed by atoms with Crippen molar-refractivity contribution in [3.8, 4) is 17.1 Å². The largest absolute Gasteiger partial charge is 0.293 e. The van der Waals surface area contributed by atoms with Crippen LogP contribution in [0.4, 0.5) is 0 Å². The van der Waals surface area contributed by atoms with Crippen LogP contribution in [0.25, 0.3) is 17.1 Å². The highest BCUT2D eigenvalue weighted by molar-refractivity contribution is 7.99. The zero-order valence-corrected chi connectivity index (χ0v) is 17.0. The summed E-state index contributed by atoms with van der Waals surface area (Å²) in [6.45, 7) is 2.14. The van der Waals surface area contributed by atoms with Gasteiger partial charge >= 0.3 is 0 Å². The van der Waals surface area contributed by atoms with Gasteiger partial charge in [-0.15, -0.1) is 10.2 Å². The zero-order valence-electron chi connectivity index (χ0n) is 16.2. The predicted octanol–water partition coefficient (Wildman–Crippen LogP) is 5.47. The van der Waals surface area contributed by atoms with Gasteiger partial charge in [-0.2, -0.15) is 0 Å². The average Bonchev–Trinajstić information content (AvgIpc) is 3.22. The van der Waals surface area contributed by atoms with Crippen LogP contribution in [0, 0.1) is 0 Å². The molecule has 0 spiro atoms. The van der Waals surface area contributed by atoms with E-state index in [-0.39, 0.29) is 5.78 Å². The van der Waals surface area contributed by atoms with Crippen LogP contribution in [0.15, 0.2) is 90.1 Å². The highest BCUT2D eigenvalue weighted by atomic mass is 32.2. The van der Waals surface area contributed by atoms with E-state index in [2.05, 4.69) is 41.4 Å². The van der Waals surface area contributed by atoms with Crippen molar-refractivity contribution in [2.45, 2.75) is 18.5 Å². The standard InChI is InChI=1S/C24H21N3OS/c1-2-18-13-15-21(16-14-18)27-23(20-11-7-4-8-12-20)25-26-24(27)29-17-22(28)19-9-5-3-6-10-19/h3-16H,2,17H2,1H3. The average molecular weight is 400 g/mol. The van der Waals surface area contributed by atoms with E-state index in [0.717, 1.165) is 23.5 Å². The number of carbonyl (C=O) groups is 1. The lowest BCUT2D eigenvalue weighted by Crippen LogP contribution is -2.05. The highest BCUT2D eigenvalue weighted by Crippen LogP contribution is 2.28. The van der Waals surface area contributed by atoms with E-state index in [1.807, 2.05) is 65.2 Å².